The Morgan fingerprint density at radius 1 is 1.37 bits per heavy atom. The second-order valence-corrected chi connectivity index (χ2v) is 4.29. The van der Waals surface area contributed by atoms with E-state index in [0.717, 1.165) is 6.42 Å². The Labute approximate surface area is 110 Å². The summed E-state index contributed by atoms with van der Waals surface area (Å²) in [6.07, 6.45) is 0.767. The van der Waals surface area contributed by atoms with Crippen LogP contribution in [0.2, 0.25) is 0 Å². The molecule has 1 aliphatic rings. The van der Waals surface area contributed by atoms with Crippen molar-refractivity contribution in [2.24, 2.45) is 0 Å². The van der Waals surface area contributed by atoms with E-state index in [1.807, 2.05) is 0 Å². The number of carbonyl (C=O) groups excluding carboxylic acids is 1. The zero-order valence-electron chi connectivity index (χ0n) is 10.4. The van der Waals surface area contributed by atoms with Crippen LogP contribution in [-0.2, 0) is 4.74 Å². The van der Waals surface area contributed by atoms with Crippen molar-refractivity contribution in [3.05, 3.63) is 33.9 Å². The number of rotatable bonds is 2. The van der Waals surface area contributed by atoms with Gasteiger partial charge in [-0.05, 0) is 18.6 Å². The lowest BCUT2D eigenvalue weighted by Crippen LogP contribution is -2.33. The smallest absolute Gasteiger partial charge is 0.292 e. The number of hydrogen-bond donors (Lipinski definition) is 1. The van der Waals surface area contributed by atoms with Crippen LogP contribution >= 0.6 is 0 Å². The molecule has 1 fully saturated rings. The first-order chi connectivity index (χ1) is 9.09. The standard InChI is InChI=1S/C12H15N3O4/c13-10-3-2-9(8-11(10)15(17)18)12(16)14-4-1-6-19-7-5-14/h2-3,8H,1,4-7,13H2. The predicted molar refractivity (Wildman–Crippen MR) is 68.8 cm³/mol. The molecular formula is C12H15N3O4. The highest BCUT2D eigenvalue weighted by Crippen LogP contribution is 2.23. The number of hydrogen-bond acceptors (Lipinski definition) is 5. The fraction of sp³-hybridized carbons (Fsp3) is 0.417. The molecule has 0 unspecified atom stereocenters. The fourth-order valence-corrected chi connectivity index (χ4v) is 1.97. The van der Waals surface area contributed by atoms with Crippen LogP contribution in [0.15, 0.2) is 18.2 Å². The highest BCUT2D eigenvalue weighted by atomic mass is 16.6. The van der Waals surface area contributed by atoms with Crippen LogP contribution in [0.5, 0.6) is 0 Å². The molecule has 102 valence electrons. The summed E-state index contributed by atoms with van der Waals surface area (Å²) < 4.78 is 5.27. The third kappa shape index (κ3) is 3.00. The number of carbonyl (C=O) groups is 1. The van der Waals surface area contributed by atoms with E-state index in [0.29, 0.717) is 26.3 Å². The third-order valence-electron chi connectivity index (χ3n) is 2.98. The predicted octanol–water partition coefficient (Wildman–Crippen LogP) is 1.04. The molecule has 1 saturated heterocycles. The molecule has 1 amide bonds. The number of amides is 1. The van der Waals surface area contributed by atoms with E-state index in [1.165, 1.54) is 18.2 Å². The summed E-state index contributed by atoms with van der Waals surface area (Å²) in [5, 5.41) is 10.8. The first-order valence-electron chi connectivity index (χ1n) is 6.00. The zero-order valence-corrected chi connectivity index (χ0v) is 10.4. The van der Waals surface area contributed by atoms with Crippen molar-refractivity contribution in [2.45, 2.75) is 6.42 Å². The van der Waals surface area contributed by atoms with Gasteiger partial charge in [0.05, 0.1) is 11.5 Å². The van der Waals surface area contributed by atoms with E-state index in [-0.39, 0.29) is 22.8 Å². The third-order valence-corrected chi connectivity index (χ3v) is 2.98. The maximum absolute atomic E-state index is 12.2. The van der Waals surface area contributed by atoms with Crippen molar-refractivity contribution in [3.63, 3.8) is 0 Å². The van der Waals surface area contributed by atoms with Crippen molar-refractivity contribution >= 4 is 17.3 Å². The van der Waals surface area contributed by atoms with Gasteiger partial charge in [0.25, 0.3) is 11.6 Å². The molecule has 0 atom stereocenters. The molecule has 2 rings (SSSR count). The topological polar surface area (TPSA) is 98.7 Å². The van der Waals surface area contributed by atoms with Gasteiger partial charge in [0.15, 0.2) is 0 Å². The van der Waals surface area contributed by atoms with Crippen LogP contribution in [0.3, 0.4) is 0 Å². The van der Waals surface area contributed by atoms with E-state index in [1.54, 1.807) is 4.90 Å². The summed E-state index contributed by atoms with van der Waals surface area (Å²) in [6.45, 7) is 2.21. The van der Waals surface area contributed by atoms with Crippen molar-refractivity contribution in [2.75, 3.05) is 32.0 Å². The summed E-state index contributed by atoms with van der Waals surface area (Å²) >= 11 is 0. The number of nitrogen functional groups attached to an aromatic ring is 1. The zero-order chi connectivity index (χ0) is 13.8. The first-order valence-corrected chi connectivity index (χ1v) is 6.00. The molecule has 0 bridgehead atoms. The van der Waals surface area contributed by atoms with Crippen LogP contribution in [0.25, 0.3) is 0 Å². The number of nitro groups is 1. The minimum absolute atomic E-state index is 0.0562. The number of anilines is 1. The molecule has 0 saturated carbocycles. The highest BCUT2D eigenvalue weighted by Gasteiger charge is 2.21. The van der Waals surface area contributed by atoms with Crippen LogP contribution in [0, 0.1) is 10.1 Å². The Bertz CT molecular complexity index is 496. The van der Waals surface area contributed by atoms with Crippen LogP contribution in [0.1, 0.15) is 16.8 Å². The maximum atomic E-state index is 12.2. The molecule has 0 spiro atoms. The van der Waals surface area contributed by atoms with Crippen molar-refractivity contribution in [1.82, 2.24) is 4.90 Å². The second kappa shape index (κ2) is 5.66. The SMILES string of the molecule is Nc1ccc(C(=O)N2CCCOCC2)cc1[N+](=O)[O-]. The van der Waals surface area contributed by atoms with Gasteiger partial charge in [-0.3, -0.25) is 14.9 Å². The minimum atomic E-state index is -0.586. The number of nitrogens with two attached hydrogens (primary N) is 1. The van der Waals surface area contributed by atoms with Crippen molar-refractivity contribution in [1.29, 1.82) is 0 Å². The van der Waals surface area contributed by atoms with Gasteiger partial charge in [-0.1, -0.05) is 0 Å². The van der Waals surface area contributed by atoms with Gasteiger partial charge in [0.2, 0.25) is 0 Å². The lowest BCUT2D eigenvalue weighted by molar-refractivity contribution is -0.383. The molecule has 0 radical (unpaired) electrons. The lowest BCUT2D eigenvalue weighted by Gasteiger charge is -2.19. The Hall–Kier alpha value is -2.15. The molecule has 0 aromatic heterocycles. The number of nitrogens with zero attached hydrogens (tertiary/aromatic N) is 2. The van der Waals surface area contributed by atoms with Crippen LogP contribution < -0.4 is 5.73 Å². The van der Waals surface area contributed by atoms with Gasteiger partial charge in [0, 0.05) is 31.3 Å². The second-order valence-electron chi connectivity index (χ2n) is 4.29. The first kappa shape index (κ1) is 13.3. The van der Waals surface area contributed by atoms with Gasteiger partial charge < -0.3 is 15.4 Å². The average molecular weight is 265 g/mol. The number of nitro benzene ring substituents is 1. The van der Waals surface area contributed by atoms with Gasteiger partial charge >= 0.3 is 0 Å². The average Bonchev–Trinajstić information content (AvgIpc) is 2.67. The van der Waals surface area contributed by atoms with Gasteiger partial charge in [0.1, 0.15) is 5.69 Å². The van der Waals surface area contributed by atoms with Gasteiger partial charge in [-0.2, -0.15) is 0 Å². The summed E-state index contributed by atoms with van der Waals surface area (Å²) in [6, 6.07) is 4.12. The van der Waals surface area contributed by atoms with Gasteiger partial charge in [-0.25, -0.2) is 0 Å². The molecule has 1 heterocycles. The molecule has 1 aromatic rings. The van der Waals surface area contributed by atoms with Gasteiger partial charge in [-0.15, -0.1) is 0 Å². The minimum Gasteiger partial charge on any atom is -0.393 e. The molecule has 7 heteroatoms. The molecule has 7 nitrogen and oxygen atoms in total. The Morgan fingerprint density at radius 3 is 2.89 bits per heavy atom. The summed E-state index contributed by atoms with van der Waals surface area (Å²) in [5.41, 5.74) is 5.61. The monoisotopic (exact) mass is 265 g/mol. The molecule has 1 aliphatic heterocycles. The van der Waals surface area contributed by atoms with E-state index < -0.39 is 4.92 Å². The van der Waals surface area contributed by atoms with E-state index in [4.69, 9.17) is 10.5 Å². The normalized spacial score (nSPS) is 15.9. The molecule has 1 aromatic carbocycles. The lowest BCUT2D eigenvalue weighted by atomic mass is 10.1. The van der Waals surface area contributed by atoms with E-state index in [2.05, 4.69) is 0 Å². The number of benzene rings is 1. The molecule has 0 aliphatic carbocycles. The Balaban J connectivity index is 2.23. The largest absolute Gasteiger partial charge is 0.393 e. The quantitative estimate of drug-likeness (QED) is 0.489. The maximum Gasteiger partial charge on any atom is 0.292 e. The Morgan fingerprint density at radius 2 is 2.16 bits per heavy atom. The van der Waals surface area contributed by atoms with Crippen molar-refractivity contribution < 1.29 is 14.5 Å². The Kier molecular flexibility index (Phi) is 3.96. The summed E-state index contributed by atoms with van der Waals surface area (Å²) in [7, 11) is 0. The molecule has 19 heavy (non-hydrogen) atoms. The van der Waals surface area contributed by atoms with Crippen molar-refractivity contribution in [3.8, 4) is 0 Å². The molecule has 2 N–H and O–H groups in total. The number of ether oxygens (including phenoxy) is 1. The van der Waals surface area contributed by atoms with Crippen LogP contribution in [-0.4, -0.2) is 42.0 Å². The van der Waals surface area contributed by atoms with E-state index >= 15 is 0 Å². The highest BCUT2D eigenvalue weighted by molar-refractivity contribution is 5.95. The van der Waals surface area contributed by atoms with Crippen LogP contribution in [0.4, 0.5) is 11.4 Å². The fourth-order valence-electron chi connectivity index (χ4n) is 1.97. The summed E-state index contributed by atoms with van der Waals surface area (Å²) in [5.74, 6) is -0.228. The summed E-state index contributed by atoms with van der Waals surface area (Å²) in [4.78, 5) is 24.1. The molecular weight excluding hydrogens is 250 g/mol. The van der Waals surface area contributed by atoms with E-state index in [9.17, 15) is 14.9 Å².